The number of carbonyl (C=O) groups is 2. The number of nitrogens with zero attached hydrogens (tertiary/aromatic N) is 1. The van der Waals surface area contributed by atoms with Gasteiger partial charge in [-0.1, -0.05) is 6.07 Å². The van der Waals surface area contributed by atoms with E-state index in [0.29, 0.717) is 0 Å². The van der Waals surface area contributed by atoms with Gasteiger partial charge >= 0.3 is 11.9 Å². The number of carbonyl (C=O) groups excluding carboxylic acids is 1. The molecule has 0 aromatic heterocycles. The van der Waals surface area contributed by atoms with Gasteiger partial charge in [-0.15, -0.1) is 0 Å². The summed E-state index contributed by atoms with van der Waals surface area (Å²) in [6, 6.07) is 3.99. The van der Waals surface area contributed by atoms with Crippen molar-refractivity contribution in [2.75, 3.05) is 6.54 Å². The molecule has 0 aliphatic carbocycles. The maximum absolute atomic E-state index is 10.9. The first kappa shape index (κ1) is 12.6. The normalized spacial score (nSPS) is 9.41. The van der Waals surface area contributed by atoms with E-state index in [4.69, 9.17) is 10.2 Å². The number of carboxylic acid groups (broad SMARTS) is 2. The van der Waals surface area contributed by atoms with Crippen LogP contribution in [0, 0.1) is 0 Å². The van der Waals surface area contributed by atoms with Gasteiger partial charge in [0.15, 0.2) is 0 Å². The van der Waals surface area contributed by atoms with E-state index < -0.39 is 11.9 Å². The van der Waals surface area contributed by atoms with Gasteiger partial charge < -0.3 is 10.2 Å². The Morgan fingerprint density at radius 1 is 1.18 bits per heavy atom. The van der Waals surface area contributed by atoms with E-state index in [1.54, 1.807) is 0 Å². The van der Waals surface area contributed by atoms with Crippen LogP contribution in [0.5, 0.6) is 0 Å². The maximum atomic E-state index is 10.9. The van der Waals surface area contributed by atoms with Crippen LogP contribution in [0.2, 0.25) is 0 Å². The van der Waals surface area contributed by atoms with Gasteiger partial charge in [0.05, 0.1) is 17.7 Å². The average molecular weight is 235 g/mol. The molecular weight excluding hydrogens is 226 g/mol. The Labute approximate surface area is 96.2 Å². The minimum absolute atomic E-state index is 0.00801. The smallest absolute Gasteiger partial charge is 0.335 e. The third-order valence-corrected chi connectivity index (χ3v) is 2.17. The number of hydrogen-bond donors (Lipinski definition) is 2. The predicted molar refractivity (Wildman–Crippen MR) is 57.1 cm³/mol. The molecule has 0 aliphatic rings. The fourth-order valence-corrected chi connectivity index (χ4v) is 1.47. The zero-order valence-corrected chi connectivity index (χ0v) is 8.71. The minimum Gasteiger partial charge on any atom is -0.478 e. The summed E-state index contributed by atoms with van der Waals surface area (Å²) in [6.45, 7) is 0.00801. The first-order valence-electron chi connectivity index (χ1n) is 4.70. The first-order valence-corrected chi connectivity index (χ1v) is 4.70. The second-order valence-corrected chi connectivity index (χ2v) is 3.16. The molecule has 0 radical (unpaired) electrons. The van der Waals surface area contributed by atoms with Gasteiger partial charge in [0, 0.05) is 0 Å². The van der Waals surface area contributed by atoms with Crippen molar-refractivity contribution in [3.8, 4) is 0 Å². The van der Waals surface area contributed by atoms with Crippen LogP contribution in [0.15, 0.2) is 23.2 Å². The standard InChI is InChI=1S/C11H9NO5/c13-6-12-5-4-7-8(10(14)15)2-1-3-9(7)11(16)17/h1-3H,4-5H2,(H,14,15)(H,16,17). The second kappa shape index (κ2) is 5.58. The van der Waals surface area contributed by atoms with Crippen LogP contribution >= 0.6 is 0 Å². The van der Waals surface area contributed by atoms with Crippen molar-refractivity contribution in [3.05, 3.63) is 34.9 Å². The monoisotopic (exact) mass is 235 g/mol. The average Bonchev–Trinajstić information content (AvgIpc) is 2.28. The molecule has 0 spiro atoms. The molecule has 6 heteroatoms. The lowest BCUT2D eigenvalue weighted by Gasteiger charge is -2.07. The quantitative estimate of drug-likeness (QED) is 0.584. The van der Waals surface area contributed by atoms with E-state index in [-0.39, 0.29) is 29.7 Å². The summed E-state index contributed by atoms with van der Waals surface area (Å²) < 4.78 is 0. The second-order valence-electron chi connectivity index (χ2n) is 3.16. The zero-order chi connectivity index (χ0) is 12.8. The van der Waals surface area contributed by atoms with E-state index in [1.807, 2.05) is 0 Å². The highest BCUT2D eigenvalue weighted by Crippen LogP contribution is 2.16. The molecule has 1 aromatic carbocycles. The fraction of sp³-hybridized carbons (Fsp3) is 0.182. The number of aliphatic imine (C=N–C) groups is 1. The zero-order valence-electron chi connectivity index (χ0n) is 8.71. The minimum atomic E-state index is -1.21. The highest BCUT2D eigenvalue weighted by molar-refractivity contribution is 5.96. The molecule has 0 saturated heterocycles. The summed E-state index contributed by atoms with van der Waals surface area (Å²) in [4.78, 5) is 35.0. The summed E-state index contributed by atoms with van der Waals surface area (Å²) >= 11 is 0. The van der Waals surface area contributed by atoms with E-state index in [9.17, 15) is 14.4 Å². The highest BCUT2D eigenvalue weighted by atomic mass is 16.4. The summed E-state index contributed by atoms with van der Waals surface area (Å²) in [6.07, 6.45) is 1.38. The van der Waals surface area contributed by atoms with E-state index in [1.165, 1.54) is 24.3 Å². The Hall–Kier alpha value is -2.46. The van der Waals surface area contributed by atoms with Crippen molar-refractivity contribution in [3.63, 3.8) is 0 Å². The molecule has 88 valence electrons. The topological polar surface area (TPSA) is 104 Å². The maximum Gasteiger partial charge on any atom is 0.335 e. The van der Waals surface area contributed by atoms with Crippen LogP contribution in [-0.4, -0.2) is 34.8 Å². The molecule has 0 aliphatic heterocycles. The number of isocyanates is 1. The number of benzene rings is 1. The van der Waals surface area contributed by atoms with Crippen molar-refractivity contribution in [1.29, 1.82) is 0 Å². The van der Waals surface area contributed by atoms with Crippen LogP contribution in [0.3, 0.4) is 0 Å². The third kappa shape index (κ3) is 2.99. The lowest BCUT2D eigenvalue weighted by Crippen LogP contribution is -2.10. The lowest BCUT2D eigenvalue weighted by molar-refractivity contribution is 0.0695. The summed E-state index contributed by atoms with van der Waals surface area (Å²) in [5.41, 5.74) is -0.0245. The van der Waals surface area contributed by atoms with Crippen LogP contribution in [-0.2, 0) is 11.2 Å². The van der Waals surface area contributed by atoms with E-state index >= 15 is 0 Å². The molecule has 2 N–H and O–H groups in total. The molecule has 0 saturated carbocycles. The van der Waals surface area contributed by atoms with Crippen LogP contribution in [0.4, 0.5) is 0 Å². The van der Waals surface area contributed by atoms with Gasteiger partial charge in [0.25, 0.3) is 0 Å². The first-order chi connectivity index (χ1) is 8.07. The number of carboxylic acids is 2. The third-order valence-electron chi connectivity index (χ3n) is 2.17. The van der Waals surface area contributed by atoms with Gasteiger partial charge in [0.2, 0.25) is 6.08 Å². The number of hydrogen-bond acceptors (Lipinski definition) is 4. The largest absolute Gasteiger partial charge is 0.478 e. The highest BCUT2D eigenvalue weighted by Gasteiger charge is 2.17. The molecule has 1 rings (SSSR count). The Balaban J connectivity index is 3.23. The van der Waals surface area contributed by atoms with Crippen molar-refractivity contribution in [2.24, 2.45) is 4.99 Å². The molecule has 6 nitrogen and oxygen atoms in total. The van der Waals surface area contributed by atoms with Gasteiger partial charge in [-0.05, 0) is 24.1 Å². The lowest BCUT2D eigenvalue weighted by atomic mass is 9.98. The van der Waals surface area contributed by atoms with Gasteiger partial charge in [-0.3, -0.25) is 0 Å². The molecule has 0 atom stereocenters. The molecule has 0 amide bonds. The Morgan fingerprint density at radius 3 is 2.12 bits per heavy atom. The van der Waals surface area contributed by atoms with Crippen molar-refractivity contribution >= 4 is 18.0 Å². The van der Waals surface area contributed by atoms with E-state index in [2.05, 4.69) is 4.99 Å². The number of aromatic carboxylic acids is 2. The molecule has 17 heavy (non-hydrogen) atoms. The summed E-state index contributed by atoms with van der Waals surface area (Å²) in [5.74, 6) is -2.42. The molecule has 1 aromatic rings. The van der Waals surface area contributed by atoms with Gasteiger partial charge in [0.1, 0.15) is 0 Å². The number of rotatable bonds is 5. The van der Waals surface area contributed by atoms with Crippen molar-refractivity contribution < 1.29 is 24.6 Å². The van der Waals surface area contributed by atoms with E-state index in [0.717, 1.165) is 0 Å². The molecule has 0 heterocycles. The molecule has 0 fully saturated rings. The summed E-state index contributed by atoms with van der Waals surface area (Å²) in [7, 11) is 0. The van der Waals surface area contributed by atoms with Crippen LogP contribution in [0.25, 0.3) is 0 Å². The van der Waals surface area contributed by atoms with Crippen molar-refractivity contribution in [2.45, 2.75) is 6.42 Å². The van der Waals surface area contributed by atoms with Crippen LogP contribution in [0.1, 0.15) is 26.3 Å². The van der Waals surface area contributed by atoms with Gasteiger partial charge in [-0.25, -0.2) is 19.4 Å². The van der Waals surface area contributed by atoms with Gasteiger partial charge in [-0.2, -0.15) is 0 Å². The molecule has 0 bridgehead atoms. The van der Waals surface area contributed by atoms with Crippen molar-refractivity contribution in [1.82, 2.24) is 0 Å². The fourth-order valence-electron chi connectivity index (χ4n) is 1.47. The predicted octanol–water partition coefficient (Wildman–Crippen LogP) is 0.961. The SMILES string of the molecule is O=C=NCCc1c(C(=O)O)cccc1C(=O)O. The summed E-state index contributed by atoms with van der Waals surface area (Å²) in [5, 5.41) is 17.9. The Morgan fingerprint density at radius 2 is 1.71 bits per heavy atom. The van der Waals surface area contributed by atoms with Crippen LogP contribution < -0.4 is 0 Å². The Kier molecular flexibility index (Phi) is 4.14. The Bertz CT molecular complexity index is 470. The molecular formula is C11H9NO5. The molecule has 0 unspecified atom stereocenters.